The van der Waals surface area contributed by atoms with Crippen molar-refractivity contribution in [2.24, 2.45) is 0 Å². The number of rotatable bonds is 8. The second kappa shape index (κ2) is 9.28. The van der Waals surface area contributed by atoms with Gasteiger partial charge in [-0.3, -0.25) is 9.80 Å². The fourth-order valence-electron chi connectivity index (χ4n) is 3.37. The van der Waals surface area contributed by atoms with Crippen molar-refractivity contribution in [1.29, 1.82) is 0 Å². The van der Waals surface area contributed by atoms with E-state index in [-0.39, 0.29) is 0 Å². The third kappa shape index (κ3) is 5.26. The van der Waals surface area contributed by atoms with Crippen molar-refractivity contribution >= 4 is 11.3 Å². The summed E-state index contributed by atoms with van der Waals surface area (Å²) in [5.41, 5.74) is 2.49. The molecule has 0 unspecified atom stereocenters. The van der Waals surface area contributed by atoms with Gasteiger partial charge in [0.05, 0.1) is 12.0 Å². The Kier molecular flexibility index (Phi) is 6.32. The first-order valence-electron chi connectivity index (χ1n) is 9.54. The number of hydrogen-bond acceptors (Lipinski definition) is 6. The van der Waals surface area contributed by atoms with Crippen LogP contribution in [-0.4, -0.2) is 54.1 Å². The molecule has 3 aromatic rings. The number of nitrogens with zero attached hydrogens (tertiary/aromatic N) is 3. The largest absolute Gasteiger partial charge is 0.462 e. The highest BCUT2D eigenvalue weighted by atomic mass is 32.1. The second-order valence-electron chi connectivity index (χ2n) is 6.90. The van der Waals surface area contributed by atoms with Gasteiger partial charge in [-0.15, -0.1) is 11.3 Å². The zero-order valence-electron chi connectivity index (χ0n) is 15.5. The number of aromatic nitrogens is 1. The SMILES string of the molecule is c1ccc(CN2CCN(CCNCc3csc(-c4ccco4)n3)CC2)cc1. The zero-order chi connectivity index (χ0) is 18.3. The Hall–Kier alpha value is -1.99. The summed E-state index contributed by atoms with van der Waals surface area (Å²) in [4.78, 5) is 9.72. The summed E-state index contributed by atoms with van der Waals surface area (Å²) in [6.07, 6.45) is 1.69. The topological polar surface area (TPSA) is 44.5 Å². The smallest absolute Gasteiger partial charge is 0.162 e. The van der Waals surface area contributed by atoms with Crippen molar-refractivity contribution in [2.75, 3.05) is 39.3 Å². The first-order valence-corrected chi connectivity index (χ1v) is 10.4. The van der Waals surface area contributed by atoms with E-state index in [9.17, 15) is 0 Å². The standard InChI is InChI=1S/C21H26N4OS/c1-2-5-18(6-3-1)16-25-12-10-24(11-13-25)9-8-22-15-19-17-27-21(23-19)20-7-4-14-26-20/h1-7,14,17,22H,8-13,15-16H2. The van der Waals surface area contributed by atoms with E-state index in [2.05, 4.69) is 55.8 Å². The van der Waals surface area contributed by atoms with Crippen molar-refractivity contribution in [3.8, 4) is 10.8 Å². The van der Waals surface area contributed by atoms with Gasteiger partial charge in [0.1, 0.15) is 0 Å². The lowest BCUT2D eigenvalue weighted by Gasteiger charge is -2.34. The molecular formula is C21H26N4OS. The Morgan fingerprint density at radius 3 is 2.59 bits per heavy atom. The fraction of sp³-hybridized carbons (Fsp3) is 0.381. The molecule has 1 aliphatic heterocycles. The Morgan fingerprint density at radius 2 is 1.81 bits per heavy atom. The van der Waals surface area contributed by atoms with E-state index >= 15 is 0 Å². The molecule has 0 atom stereocenters. The number of hydrogen-bond donors (Lipinski definition) is 1. The van der Waals surface area contributed by atoms with Crippen LogP contribution in [0, 0.1) is 0 Å². The molecule has 0 aliphatic carbocycles. The molecule has 3 heterocycles. The molecule has 0 radical (unpaired) electrons. The molecule has 1 N–H and O–H groups in total. The van der Waals surface area contributed by atoms with E-state index in [1.807, 2.05) is 12.1 Å². The molecule has 5 nitrogen and oxygen atoms in total. The summed E-state index contributed by atoms with van der Waals surface area (Å²) in [6.45, 7) is 8.54. The first kappa shape index (κ1) is 18.4. The lowest BCUT2D eigenvalue weighted by atomic mass is 10.2. The van der Waals surface area contributed by atoms with Crippen LogP contribution < -0.4 is 5.32 Å². The first-order chi connectivity index (χ1) is 13.4. The predicted octanol–water partition coefficient (Wildman–Crippen LogP) is 3.31. The lowest BCUT2D eigenvalue weighted by Crippen LogP contribution is -2.47. The highest BCUT2D eigenvalue weighted by Crippen LogP contribution is 2.23. The van der Waals surface area contributed by atoms with E-state index in [0.717, 1.165) is 68.8 Å². The molecule has 2 aromatic heterocycles. The van der Waals surface area contributed by atoms with Gasteiger partial charge in [-0.2, -0.15) is 0 Å². The monoisotopic (exact) mass is 382 g/mol. The zero-order valence-corrected chi connectivity index (χ0v) is 16.3. The van der Waals surface area contributed by atoms with Crippen LogP contribution in [0.5, 0.6) is 0 Å². The van der Waals surface area contributed by atoms with E-state index in [4.69, 9.17) is 4.42 Å². The average molecular weight is 383 g/mol. The number of thiazole rings is 1. The number of furan rings is 1. The van der Waals surface area contributed by atoms with Crippen LogP contribution in [0.1, 0.15) is 11.3 Å². The van der Waals surface area contributed by atoms with Gasteiger partial charge in [0.2, 0.25) is 0 Å². The number of benzene rings is 1. The number of nitrogens with one attached hydrogen (secondary N) is 1. The highest BCUT2D eigenvalue weighted by molar-refractivity contribution is 7.13. The predicted molar refractivity (Wildman–Crippen MR) is 110 cm³/mol. The highest BCUT2D eigenvalue weighted by Gasteiger charge is 2.16. The minimum Gasteiger partial charge on any atom is -0.462 e. The normalized spacial score (nSPS) is 16.0. The van der Waals surface area contributed by atoms with Crippen molar-refractivity contribution < 1.29 is 4.42 Å². The van der Waals surface area contributed by atoms with Crippen LogP contribution in [0.3, 0.4) is 0 Å². The molecule has 4 rings (SSSR count). The molecule has 0 spiro atoms. The van der Waals surface area contributed by atoms with Gasteiger partial charge >= 0.3 is 0 Å². The maximum Gasteiger partial charge on any atom is 0.162 e. The molecule has 1 aromatic carbocycles. The van der Waals surface area contributed by atoms with Crippen molar-refractivity contribution in [1.82, 2.24) is 20.1 Å². The van der Waals surface area contributed by atoms with E-state index in [1.54, 1.807) is 17.6 Å². The molecule has 27 heavy (non-hydrogen) atoms. The van der Waals surface area contributed by atoms with E-state index in [0.29, 0.717) is 0 Å². The quantitative estimate of drug-likeness (QED) is 0.606. The number of piperazine rings is 1. The summed E-state index contributed by atoms with van der Waals surface area (Å²) in [5.74, 6) is 0.847. The average Bonchev–Trinajstić information content (AvgIpc) is 3.39. The minimum absolute atomic E-state index is 0.811. The van der Waals surface area contributed by atoms with Gasteiger partial charge in [-0.05, 0) is 17.7 Å². The molecule has 1 saturated heterocycles. The van der Waals surface area contributed by atoms with Gasteiger partial charge < -0.3 is 9.73 Å². The van der Waals surface area contributed by atoms with Crippen LogP contribution >= 0.6 is 11.3 Å². The summed E-state index contributed by atoms with van der Waals surface area (Å²) in [7, 11) is 0. The van der Waals surface area contributed by atoms with Crippen molar-refractivity contribution in [3.63, 3.8) is 0 Å². The lowest BCUT2D eigenvalue weighted by molar-refractivity contribution is 0.127. The maximum atomic E-state index is 5.40. The van der Waals surface area contributed by atoms with Gasteiger partial charge in [-0.1, -0.05) is 30.3 Å². The van der Waals surface area contributed by atoms with Crippen LogP contribution in [0.2, 0.25) is 0 Å². The Bertz CT molecular complexity index is 795. The Morgan fingerprint density at radius 1 is 1.00 bits per heavy atom. The summed E-state index contributed by atoms with van der Waals surface area (Å²) >= 11 is 1.63. The molecule has 0 saturated carbocycles. The van der Waals surface area contributed by atoms with E-state index in [1.165, 1.54) is 5.56 Å². The van der Waals surface area contributed by atoms with Crippen molar-refractivity contribution in [2.45, 2.75) is 13.1 Å². The fourth-order valence-corrected chi connectivity index (χ4v) is 4.15. The van der Waals surface area contributed by atoms with Gasteiger partial charge in [0, 0.05) is 57.7 Å². The third-order valence-corrected chi connectivity index (χ3v) is 5.81. The summed E-state index contributed by atoms with van der Waals surface area (Å²) < 4.78 is 5.40. The van der Waals surface area contributed by atoms with Crippen LogP contribution in [0.15, 0.2) is 58.5 Å². The molecule has 1 fully saturated rings. The molecule has 0 bridgehead atoms. The minimum atomic E-state index is 0.811. The molecule has 142 valence electrons. The van der Waals surface area contributed by atoms with Gasteiger partial charge in [0.15, 0.2) is 10.8 Å². The summed E-state index contributed by atoms with van der Waals surface area (Å²) in [6, 6.07) is 14.6. The van der Waals surface area contributed by atoms with Crippen molar-refractivity contribution in [3.05, 3.63) is 65.4 Å². The van der Waals surface area contributed by atoms with E-state index < -0.39 is 0 Å². The van der Waals surface area contributed by atoms with Gasteiger partial charge in [0.25, 0.3) is 0 Å². The Labute approximate surface area is 164 Å². The maximum absolute atomic E-state index is 5.40. The molecule has 1 aliphatic rings. The van der Waals surface area contributed by atoms with Crippen LogP contribution in [0.25, 0.3) is 10.8 Å². The van der Waals surface area contributed by atoms with Crippen LogP contribution in [-0.2, 0) is 13.1 Å². The van der Waals surface area contributed by atoms with Gasteiger partial charge in [-0.25, -0.2) is 4.98 Å². The third-order valence-electron chi connectivity index (χ3n) is 4.91. The van der Waals surface area contributed by atoms with Crippen LogP contribution in [0.4, 0.5) is 0 Å². The summed E-state index contributed by atoms with van der Waals surface area (Å²) in [5, 5.41) is 6.57. The molecular weight excluding hydrogens is 356 g/mol. The Balaban J connectivity index is 1.13. The second-order valence-corrected chi connectivity index (χ2v) is 7.76. The molecule has 0 amide bonds. The molecule has 6 heteroatoms.